The lowest BCUT2D eigenvalue weighted by Crippen LogP contribution is -2.51. The van der Waals surface area contributed by atoms with Gasteiger partial charge in [-0.2, -0.15) is 0 Å². The van der Waals surface area contributed by atoms with Gasteiger partial charge < -0.3 is 45.0 Å². The molecule has 4 aliphatic rings. The monoisotopic (exact) mass is 856 g/mol. The third-order valence-electron chi connectivity index (χ3n) is 12.8. The van der Waals surface area contributed by atoms with Gasteiger partial charge in [-0.25, -0.2) is 28.0 Å². The standard InChI is InChI=1S/C44H56N8O8S/c1-58-43(54)50-31(27-10-3-4-11-27)24-45-20-8-7-15-39-46-25-32(48-39)29-17-19-37-36(22-29)60-35-18-16-30(23-38(35)61(37,56)57)33-26-47-41(49-33)34-14-9-21-52(34)42(53)40(51-44(55)59-2)28-12-5-6-13-28/h16-19,22-23,25-28,31,34,40,45H,3-15,20-21,24H2,1-2H3,(H,46,48)(H,47,49)(H,50,54)(H,51,55). The highest BCUT2D eigenvalue weighted by molar-refractivity contribution is 7.91. The Hall–Kier alpha value is -5.42. The van der Waals surface area contributed by atoms with Gasteiger partial charge in [0, 0.05) is 36.7 Å². The highest BCUT2D eigenvalue weighted by Crippen LogP contribution is 2.45. The van der Waals surface area contributed by atoms with Crippen molar-refractivity contribution in [3.63, 3.8) is 0 Å². The summed E-state index contributed by atoms with van der Waals surface area (Å²) in [6.07, 6.45) is 14.9. The number of rotatable bonds is 15. The van der Waals surface area contributed by atoms with Gasteiger partial charge in [-0.3, -0.25) is 4.79 Å². The van der Waals surface area contributed by atoms with Gasteiger partial charge in [-0.05, 0) is 100 Å². The Balaban J connectivity index is 0.887. The molecule has 5 N–H and O–H groups in total. The molecular formula is C44H56N8O8S. The number of H-pyrrole nitrogens is 2. The molecule has 4 aromatic rings. The second-order valence-electron chi connectivity index (χ2n) is 16.7. The number of amides is 3. The molecule has 61 heavy (non-hydrogen) atoms. The molecule has 2 aliphatic heterocycles. The SMILES string of the molecule is COC(=O)NC(CNCCCCc1ncc(-c2ccc3c(c2)Oc2ccc(-c4cnc(C5CCCN5C(=O)C(NC(=O)OC)C5CCCC5)[nH]4)cc2S3(=O)=O)[nH]1)C1CCCC1. The maximum Gasteiger partial charge on any atom is 0.407 e. The summed E-state index contributed by atoms with van der Waals surface area (Å²) in [5.41, 5.74) is 2.74. The fourth-order valence-corrected chi connectivity index (χ4v) is 11.0. The summed E-state index contributed by atoms with van der Waals surface area (Å²) in [6.45, 7) is 2.08. The largest absolute Gasteiger partial charge is 0.455 e. The molecule has 16 nitrogen and oxygen atoms in total. The Morgan fingerprint density at radius 2 is 1.49 bits per heavy atom. The number of benzene rings is 2. The van der Waals surface area contributed by atoms with E-state index in [1.807, 2.05) is 0 Å². The molecule has 4 heterocycles. The van der Waals surface area contributed by atoms with Crippen molar-refractivity contribution in [3.05, 3.63) is 60.4 Å². The quantitative estimate of drug-likeness (QED) is 0.0691. The molecule has 2 saturated carbocycles. The summed E-state index contributed by atoms with van der Waals surface area (Å²) in [6, 6.07) is 9.18. The van der Waals surface area contributed by atoms with Crippen LogP contribution >= 0.6 is 0 Å². The first-order chi connectivity index (χ1) is 29.6. The number of ether oxygens (including phenoxy) is 3. The van der Waals surface area contributed by atoms with E-state index in [4.69, 9.17) is 14.2 Å². The Morgan fingerprint density at radius 1 is 0.803 bits per heavy atom. The van der Waals surface area contributed by atoms with Crippen molar-refractivity contribution in [1.29, 1.82) is 0 Å². The molecule has 0 spiro atoms. The molecule has 1 saturated heterocycles. The predicted molar refractivity (Wildman–Crippen MR) is 226 cm³/mol. The zero-order valence-corrected chi connectivity index (χ0v) is 35.7. The first-order valence-corrected chi connectivity index (χ1v) is 23.1. The molecule has 2 aliphatic carbocycles. The van der Waals surface area contributed by atoms with E-state index in [1.165, 1.54) is 27.1 Å². The predicted octanol–water partition coefficient (Wildman–Crippen LogP) is 6.81. The zero-order chi connectivity index (χ0) is 42.5. The summed E-state index contributed by atoms with van der Waals surface area (Å²) in [4.78, 5) is 55.9. The van der Waals surface area contributed by atoms with Crippen molar-refractivity contribution < 1.29 is 37.0 Å². The number of nitrogens with zero attached hydrogens (tertiary/aromatic N) is 3. The van der Waals surface area contributed by atoms with Crippen LogP contribution in [0.4, 0.5) is 9.59 Å². The van der Waals surface area contributed by atoms with Crippen LogP contribution in [-0.2, 0) is 30.5 Å². The molecule has 3 fully saturated rings. The van der Waals surface area contributed by atoms with Gasteiger partial charge in [0.15, 0.2) is 0 Å². The highest BCUT2D eigenvalue weighted by atomic mass is 32.2. The number of sulfone groups is 1. The molecule has 8 rings (SSSR count). The second-order valence-corrected chi connectivity index (χ2v) is 18.5. The normalized spacial score (nSPS) is 19.4. The highest BCUT2D eigenvalue weighted by Gasteiger charge is 2.40. The molecule has 17 heteroatoms. The van der Waals surface area contributed by atoms with Crippen molar-refractivity contribution in [3.8, 4) is 34.0 Å². The molecule has 3 atom stereocenters. The summed E-state index contributed by atoms with van der Waals surface area (Å²) >= 11 is 0. The van der Waals surface area contributed by atoms with Crippen LogP contribution in [0.5, 0.6) is 11.5 Å². The fourth-order valence-electron chi connectivity index (χ4n) is 9.53. The number of alkyl carbamates (subject to hydrolysis) is 2. The number of hydrogen-bond acceptors (Lipinski definition) is 11. The third-order valence-corrected chi connectivity index (χ3v) is 14.6. The number of likely N-dealkylation sites (tertiary alicyclic amines) is 1. The number of aromatic nitrogens is 4. The van der Waals surface area contributed by atoms with Gasteiger partial charge in [-0.15, -0.1) is 0 Å². The number of hydrogen-bond donors (Lipinski definition) is 5. The summed E-state index contributed by atoms with van der Waals surface area (Å²) < 4.78 is 44.0. The van der Waals surface area contributed by atoms with Gasteiger partial charge in [0.25, 0.3) is 0 Å². The van der Waals surface area contributed by atoms with E-state index in [-0.39, 0.29) is 51.3 Å². The van der Waals surface area contributed by atoms with Crippen LogP contribution in [0, 0.1) is 11.8 Å². The van der Waals surface area contributed by atoms with Crippen LogP contribution < -0.4 is 20.7 Å². The zero-order valence-electron chi connectivity index (χ0n) is 34.8. The van der Waals surface area contributed by atoms with Crippen LogP contribution in [0.1, 0.15) is 94.7 Å². The summed E-state index contributed by atoms with van der Waals surface area (Å²) in [5, 5.41) is 9.31. The average molecular weight is 857 g/mol. The van der Waals surface area contributed by atoms with E-state index in [0.717, 1.165) is 87.8 Å². The summed E-state index contributed by atoms with van der Waals surface area (Å²) in [5.74, 6) is 2.30. The third kappa shape index (κ3) is 9.27. The van der Waals surface area contributed by atoms with E-state index in [0.29, 0.717) is 42.5 Å². The van der Waals surface area contributed by atoms with E-state index in [2.05, 4.69) is 35.9 Å². The van der Waals surface area contributed by atoms with Crippen molar-refractivity contribution in [2.75, 3.05) is 33.9 Å². The van der Waals surface area contributed by atoms with Crippen LogP contribution in [0.3, 0.4) is 0 Å². The number of unbranched alkanes of at least 4 members (excludes halogenated alkanes) is 1. The van der Waals surface area contributed by atoms with Crippen LogP contribution in [0.2, 0.25) is 0 Å². The molecule has 0 bridgehead atoms. The van der Waals surface area contributed by atoms with Gasteiger partial charge in [0.1, 0.15) is 39.0 Å². The van der Waals surface area contributed by atoms with E-state index in [1.54, 1.807) is 53.7 Å². The Labute approximate surface area is 356 Å². The Bertz CT molecular complexity index is 2320. The number of fused-ring (bicyclic) bond motifs is 2. The number of aromatic amines is 2. The maximum absolute atomic E-state index is 14.1. The molecule has 2 aromatic carbocycles. The molecule has 0 radical (unpaired) electrons. The minimum atomic E-state index is -3.94. The van der Waals surface area contributed by atoms with E-state index >= 15 is 0 Å². The first-order valence-electron chi connectivity index (χ1n) is 21.6. The maximum atomic E-state index is 14.1. The minimum absolute atomic E-state index is 0.0508. The lowest BCUT2D eigenvalue weighted by molar-refractivity contribution is -0.135. The van der Waals surface area contributed by atoms with Crippen LogP contribution in [0.25, 0.3) is 22.5 Å². The van der Waals surface area contributed by atoms with Crippen LogP contribution in [0.15, 0.2) is 58.6 Å². The fraction of sp³-hybridized carbons (Fsp3) is 0.523. The molecule has 3 amide bonds. The number of carbonyl (C=O) groups is 3. The van der Waals surface area contributed by atoms with Crippen molar-refractivity contribution >= 4 is 27.9 Å². The molecule has 2 aromatic heterocycles. The number of carbonyl (C=O) groups excluding carboxylic acids is 3. The minimum Gasteiger partial charge on any atom is -0.455 e. The topological polar surface area (TPSA) is 210 Å². The number of methoxy groups -OCH3 is 2. The lowest BCUT2D eigenvalue weighted by atomic mass is 9.96. The van der Waals surface area contributed by atoms with Crippen molar-refractivity contribution in [2.45, 2.75) is 111 Å². The lowest BCUT2D eigenvalue weighted by Gasteiger charge is -2.31. The van der Waals surface area contributed by atoms with Gasteiger partial charge in [0.05, 0.1) is 44.0 Å². The smallest absolute Gasteiger partial charge is 0.407 e. The number of aryl methyl sites for hydroxylation is 1. The first kappa shape index (κ1) is 42.3. The molecule has 326 valence electrons. The Kier molecular flexibility index (Phi) is 12.9. The Morgan fingerprint density at radius 3 is 2.26 bits per heavy atom. The molecular weight excluding hydrogens is 801 g/mol. The van der Waals surface area contributed by atoms with Crippen LogP contribution in [-0.4, -0.2) is 97.3 Å². The summed E-state index contributed by atoms with van der Waals surface area (Å²) in [7, 11) is -1.25. The second kappa shape index (κ2) is 18.7. The van der Waals surface area contributed by atoms with Crippen molar-refractivity contribution in [2.24, 2.45) is 11.8 Å². The average Bonchev–Trinajstić information content (AvgIpc) is 4.13. The number of imidazole rings is 2. The van der Waals surface area contributed by atoms with Crippen molar-refractivity contribution in [1.82, 2.24) is 40.8 Å². The van der Waals surface area contributed by atoms with E-state index in [9.17, 15) is 22.8 Å². The van der Waals surface area contributed by atoms with Gasteiger partial charge in [-0.1, -0.05) is 31.7 Å². The van der Waals surface area contributed by atoms with Gasteiger partial charge in [0.2, 0.25) is 15.7 Å². The van der Waals surface area contributed by atoms with Gasteiger partial charge >= 0.3 is 12.2 Å². The number of nitrogens with one attached hydrogen (secondary N) is 5. The van der Waals surface area contributed by atoms with E-state index < -0.39 is 22.0 Å². The molecule has 3 unspecified atom stereocenters.